The average molecular weight is 284 g/mol. The Bertz CT molecular complexity index is 370. The first kappa shape index (κ1) is 15.1. The Morgan fingerprint density at radius 3 is 2.50 bits per heavy atom. The van der Waals surface area contributed by atoms with Crippen LogP contribution in [-0.4, -0.2) is 51.8 Å². The van der Waals surface area contributed by atoms with Crippen molar-refractivity contribution >= 4 is 12.0 Å². The summed E-state index contributed by atoms with van der Waals surface area (Å²) in [6.07, 6.45) is 5.54. The highest BCUT2D eigenvalue weighted by Crippen LogP contribution is 2.35. The van der Waals surface area contributed by atoms with Crippen molar-refractivity contribution in [1.29, 1.82) is 0 Å². The number of hydrogen-bond acceptors (Lipinski definition) is 3. The molecule has 2 aliphatic rings. The number of piperidine rings is 1. The van der Waals surface area contributed by atoms with Crippen LogP contribution in [0.15, 0.2) is 0 Å². The van der Waals surface area contributed by atoms with E-state index in [2.05, 4.69) is 5.32 Å². The highest BCUT2D eigenvalue weighted by Gasteiger charge is 2.37. The zero-order valence-corrected chi connectivity index (χ0v) is 11.9. The maximum atomic E-state index is 12.3. The van der Waals surface area contributed by atoms with E-state index < -0.39 is 18.1 Å². The second kappa shape index (κ2) is 6.43. The van der Waals surface area contributed by atoms with Crippen molar-refractivity contribution < 1.29 is 19.8 Å². The van der Waals surface area contributed by atoms with E-state index in [0.29, 0.717) is 12.5 Å². The number of amides is 2. The maximum Gasteiger partial charge on any atom is 0.328 e. The number of fused-ring (bicyclic) bond motifs is 1. The molecule has 0 aromatic rings. The molecular weight excluding hydrogens is 260 g/mol. The molecule has 6 nitrogen and oxygen atoms in total. The van der Waals surface area contributed by atoms with Gasteiger partial charge in [0, 0.05) is 12.6 Å². The number of urea groups is 1. The van der Waals surface area contributed by atoms with Gasteiger partial charge in [0.2, 0.25) is 0 Å². The van der Waals surface area contributed by atoms with Crippen molar-refractivity contribution in [3.05, 3.63) is 0 Å². The third-order valence-corrected chi connectivity index (χ3v) is 4.53. The van der Waals surface area contributed by atoms with E-state index in [0.717, 1.165) is 32.1 Å². The Morgan fingerprint density at radius 1 is 1.20 bits per heavy atom. The molecule has 1 aliphatic heterocycles. The van der Waals surface area contributed by atoms with Gasteiger partial charge in [-0.05, 0) is 38.5 Å². The molecule has 114 valence electrons. The number of carboxylic acids is 1. The molecule has 0 spiro atoms. The lowest BCUT2D eigenvalue weighted by molar-refractivity contribution is -0.141. The maximum absolute atomic E-state index is 12.3. The SMILES string of the molecule is C[C@@H](O)[C@H](NC(=O)N1CCCC2CCCCC21)C(=O)O. The molecule has 6 heteroatoms. The summed E-state index contributed by atoms with van der Waals surface area (Å²) in [7, 11) is 0. The van der Waals surface area contributed by atoms with Crippen LogP contribution in [0.3, 0.4) is 0 Å². The van der Waals surface area contributed by atoms with Crippen LogP contribution in [0.5, 0.6) is 0 Å². The van der Waals surface area contributed by atoms with E-state index in [1.165, 1.54) is 13.3 Å². The van der Waals surface area contributed by atoms with Crippen LogP contribution in [0.1, 0.15) is 45.4 Å². The van der Waals surface area contributed by atoms with Crippen molar-refractivity contribution in [2.75, 3.05) is 6.54 Å². The molecule has 20 heavy (non-hydrogen) atoms. The highest BCUT2D eigenvalue weighted by molar-refractivity contribution is 5.83. The number of carbonyl (C=O) groups is 2. The molecule has 4 atom stereocenters. The Balaban J connectivity index is 2.01. The van der Waals surface area contributed by atoms with Gasteiger partial charge in [-0.3, -0.25) is 0 Å². The summed E-state index contributed by atoms with van der Waals surface area (Å²) < 4.78 is 0. The van der Waals surface area contributed by atoms with E-state index in [-0.39, 0.29) is 12.1 Å². The fraction of sp³-hybridized carbons (Fsp3) is 0.857. The van der Waals surface area contributed by atoms with Crippen LogP contribution in [0.2, 0.25) is 0 Å². The van der Waals surface area contributed by atoms with Crippen LogP contribution < -0.4 is 5.32 Å². The smallest absolute Gasteiger partial charge is 0.328 e. The third kappa shape index (κ3) is 3.23. The van der Waals surface area contributed by atoms with E-state index in [9.17, 15) is 14.7 Å². The molecule has 1 saturated heterocycles. The topological polar surface area (TPSA) is 89.9 Å². The quantitative estimate of drug-likeness (QED) is 0.726. The molecule has 3 N–H and O–H groups in total. The predicted octanol–water partition coefficient (Wildman–Crippen LogP) is 1.18. The number of nitrogens with zero attached hydrogens (tertiary/aromatic N) is 1. The van der Waals surface area contributed by atoms with E-state index in [1.54, 1.807) is 4.90 Å². The van der Waals surface area contributed by atoms with Crippen molar-refractivity contribution in [3.63, 3.8) is 0 Å². The lowest BCUT2D eigenvalue weighted by Crippen LogP contribution is -2.57. The Hall–Kier alpha value is -1.30. The zero-order chi connectivity index (χ0) is 14.7. The van der Waals surface area contributed by atoms with Gasteiger partial charge in [0.05, 0.1) is 6.10 Å². The molecule has 1 aliphatic carbocycles. The first-order valence-corrected chi connectivity index (χ1v) is 7.48. The summed E-state index contributed by atoms with van der Waals surface area (Å²) in [5.41, 5.74) is 0. The molecular formula is C14H24N2O4. The highest BCUT2D eigenvalue weighted by atomic mass is 16.4. The van der Waals surface area contributed by atoms with Crippen LogP contribution >= 0.6 is 0 Å². The predicted molar refractivity (Wildman–Crippen MR) is 73.3 cm³/mol. The number of likely N-dealkylation sites (tertiary alicyclic amines) is 1. The van der Waals surface area contributed by atoms with E-state index in [4.69, 9.17) is 5.11 Å². The van der Waals surface area contributed by atoms with Gasteiger partial charge >= 0.3 is 12.0 Å². The second-order valence-electron chi connectivity index (χ2n) is 5.95. The second-order valence-corrected chi connectivity index (χ2v) is 5.95. The standard InChI is InChI=1S/C14H24N2O4/c1-9(17)12(13(18)19)15-14(20)16-8-4-6-10-5-2-3-7-11(10)16/h9-12,17H,2-8H2,1H3,(H,15,20)(H,18,19)/t9-,10?,11?,12+/m1/s1. The summed E-state index contributed by atoms with van der Waals surface area (Å²) in [5, 5.41) is 20.9. The normalized spacial score (nSPS) is 29.2. The monoisotopic (exact) mass is 284 g/mol. The largest absolute Gasteiger partial charge is 0.480 e. The first-order chi connectivity index (χ1) is 9.50. The summed E-state index contributed by atoms with van der Waals surface area (Å²) in [6.45, 7) is 2.05. The lowest BCUT2D eigenvalue weighted by atomic mass is 9.78. The number of hydrogen-bond donors (Lipinski definition) is 3. The Labute approximate surface area is 119 Å². The van der Waals surface area contributed by atoms with Crippen molar-refractivity contribution in [1.82, 2.24) is 10.2 Å². The molecule has 2 fully saturated rings. The lowest BCUT2D eigenvalue weighted by Gasteiger charge is -2.44. The van der Waals surface area contributed by atoms with Crippen LogP contribution in [0.25, 0.3) is 0 Å². The van der Waals surface area contributed by atoms with Crippen LogP contribution in [-0.2, 0) is 4.79 Å². The number of rotatable bonds is 3. The fourth-order valence-electron chi connectivity index (χ4n) is 3.48. The molecule has 1 heterocycles. The molecule has 0 radical (unpaired) electrons. The zero-order valence-electron chi connectivity index (χ0n) is 11.9. The number of carboxylic acid groups (broad SMARTS) is 1. The fourth-order valence-corrected chi connectivity index (χ4v) is 3.48. The minimum Gasteiger partial charge on any atom is -0.480 e. The third-order valence-electron chi connectivity index (χ3n) is 4.53. The van der Waals surface area contributed by atoms with Crippen LogP contribution in [0.4, 0.5) is 4.79 Å². The van der Waals surface area contributed by atoms with Crippen molar-refractivity contribution in [3.8, 4) is 0 Å². The molecule has 2 amide bonds. The number of aliphatic carboxylic acids is 1. The van der Waals surface area contributed by atoms with Crippen LogP contribution in [0, 0.1) is 5.92 Å². The number of nitrogens with one attached hydrogen (secondary N) is 1. The minimum atomic E-state index is -1.24. The minimum absolute atomic E-state index is 0.237. The molecule has 1 saturated carbocycles. The molecule has 2 rings (SSSR count). The molecule has 0 aromatic heterocycles. The van der Waals surface area contributed by atoms with Gasteiger partial charge in [-0.2, -0.15) is 0 Å². The van der Waals surface area contributed by atoms with Gasteiger partial charge in [-0.1, -0.05) is 12.8 Å². The Kier molecular flexibility index (Phi) is 4.86. The number of aliphatic hydroxyl groups excluding tert-OH is 1. The summed E-state index contributed by atoms with van der Waals surface area (Å²) in [4.78, 5) is 25.1. The molecule has 2 unspecified atom stereocenters. The summed E-state index contributed by atoms with van der Waals surface area (Å²) in [6, 6.07) is -1.36. The summed E-state index contributed by atoms with van der Waals surface area (Å²) >= 11 is 0. The van der Waals surface area contributed by atoms with Crippen molar-refractivity contribution in [2.45, 2.75) is 63.6 Å². The summed E-state index contributed by atoms with van der Waals surface area (Å²) in [5.74, 6) is -0.649. The average Bonchev–Trinajstić information content (AvgIpc) is 2.43. The van der Waals surface area contributed by atoms with Crippen molar-refractivity contribution in [2.24, 2.45) is 5.92 Å². The van der Waals surface area contributed by atoms with Gasteiger partial charge in [0.15, 0.2) is 6.04 Å². The van der Waals surface area contributed by atoms with E-state index >= 15 is 0 Å². The Morgan fingerprint density at radius 2 is 1.85 bits per heavy atom. The van der Waals surface area contributed by atoms with Gasteiger partial charge in [-0.25, -0.2) is 9.59 Å². The van der Waals surface area contributed by atoms with Gasteiger partial charge in [-0.15, -0.1) is 0 Å². The number of aliphatic hydroxyl groups is 1. The van der Waals surface area contributed by atoms with Gasteiger partial charge in [0.25, 0.3) is 0 Å². The van der Waals surface area contributed by atoms with E-state index in [1.807, 2.05) is 0 Å². The van der Waals surface area contributed by atoms with Gasteiger partial charge in [0.1, 0.15) is 0 Å². The van der Waals surface area contributed by atoms with Gasteiger partial charge < -0.3 is 20.4 Å². The molecule has 0 bridgehead atoms. The number of carbonyl (C=O) groups excluding carboxylic acids is 1. The first-order valence-electron chi connectivity index (χ1n) is 7.48. The molecule has 0 aromatic carbocycles.